The number of hydrogen-bond acceptors (Lipinski definition) is 5. The Hall–Kier alpha value is -1.63. The lowest BCUT2D eigenvalue weighted by Crippen LogP contribution is -2.49. The summed E-state index contributed by atoms with van der Waals surface area (Å²) in [5, 5.41) is 0. The zero-order chi connectivity index (χ0) is 14.5. The minimum atomic E-state index is -0.348. The van der Waals surface area contributed by atoms with Crippen LogP contribution in [0.4, 0.5) is 0 Å². The van der Waals surface area contributed by atoms with Crippen molar-refractivity contribution in [1.29, 1.82) is 0 Å². The highest BCUT2D eigenvalue weighted by molar-refractivity contribution is 5.86. The van der Waals surface area contributed by atoms with E-state index in [-0.39, 0.29) is 36.9 Å². The molecule has 7 heteroatoms. The first kappa shape index (κ1) is 14.8. The number of rotatable bonds is 4. The van der Waals surface area contributed by atoms with E-state index in [1.165, 1.54) is 7.11 Å². The van der Waals surface area contributed by atoms with Gasteiger partial charge in [0.15, 0.2) is 0 Å². The molecule has 0 bridgehead atoms. The quantitative estimate of drug-likeness (QED) is 0.644. The number of methoxy groups -OCH3 is 1. The molecule has 2 aliphatic heterocycles. The Morgan fingerprint density at radius 1 is 1.40 bits per heavy atom. The van der Waals surface area contributed by atoms with Gasteiger partial charge in [-0.2, -0.15) is 0 Å². The molecule has 2 fully saturated rings. The summed E-state index contributed by atoms with van der Waals surface area (Å²) in [4.78, 5) is 38.1. The largest absolute Gasteiger partial charge is 0.469 e. The normalized spacial score (nSPS) is 23.1. The third kappa shape index (κ3) is 3.69. The fourth-order valence-electron chi connectivity index (χ4n) is 2.47. The number of carbonyl (C=O) groups excluding carboxylic acids is 3. The van der Waals surface area contributed by atoms with E-state index < -0.39 is 0 Å². The van der Waals surface area contributed by atoms with Crippen molar-refractivity contribution in [3.8, 4) is 0 Å². The van der Waals surface area contributed by atoms with Crippen LogP contribution >= 0.6 is 0 Å². The second-order valence-corrected chi connectivity index (χ2v) is 5.03. The van der Waals surface area contributed by atoms with E-state index in [4.69, 9.17) is 4.74 Å². The van der Waals surface area contributed by atoms with Gasteiger partial charge >= 0.3 is 5.97 Å². The van der Waals surface area contributed by atoms with Crippen LogP contribution in [0.1, 0.15) is 19.3 Å². The number of carbonyl (C=O) groups is 3. The summed E-state index contributed by atoms with van der Waals surface area (Å²) in [6.07, 6.45) is 1.17. The molecule has 2 saturated heterocycles. The molecule has 0 radical (unpaired) electrons. The van der Waals surface area contributed by atoms with Crippen molar-refractivity contribution >= 4 is 17.8 Å². The molecular formula is C13H20N2O5. The molecule has 20 heavy (non-hydrogen) atoms. The number of ether oxygens (including phenoxy) is 2. The van der Waals surface area contributed by atoms with Gasteiger partial charge in [-0.25, -0.2) is 0 Å². The number of hydrogen-bond donors (Lipinski definition) is 0. The summed E-state index contributed by atoms with van der Waals surface area (Å²) in [5.41, 5.74) is 0. The SMILES string of the molecule is COC(=O)CC1CN(C(=O)CN2CCCC2=O)CCO1. The predicted octanol–water partition coefficient (Wildman–Crippen LogP) is -0.601. The molecule has 0 spiro atoms. The van der Waals surface area contributed by atoms with Crippen LogP contribution in [0.5, 0.6) is 0 Å². The highest BCUT2D eigenvalue weighted by Crippen LogP contribution is 2.13. The topological polar surface area (TPSA) is 76.2 Å². The van der Waals surface area contributed by atoms with Crippen LogP contribution < -0.4 is 0 Å². The third-order valence-corrected chi connectivity index (χ3v) is 3.61. The summed E-state index contributed by atoms with van der Waals surface area (Å²) in [6, 6.07) is 0. The third-order valence-electron chi connectivity index (χ3n) is 3.61. The molecule has 0 N–H and O–H groups in total. The minimum absolute atomic E-state index is 0.0396. The van der Waals surface area contributed by atoms with Crippen molar-refractivity contribution < 1.29 is 23.9 Å². The van der Waals surface area contributed by atoms with E-state index in [1.54, 1.807) is 9.80 Å². The number of likely N-dealkylation sites (tertiary alicyclic amines) is 1. The van der Waals surface area contributed by atoms with Crippen LogP contribution in [0.25, 0.3) is 0 Å². The zero-order valence-electron chi connectivity index (χ0n) is 11.7. The highest BCUT2D eigenvalue weighted by Gasteiger charge is 2.29. The summed E-state index contributed by atoms with van der Waals surface area (Å²) in [7, 11) is 1.33. The van der Waals surface area contributed by atoms with Gasteiger partial charge < -0.3 is 19.3 Å². The highest BCUT2D eigenvalue weighted by atomic mass is 16.5. The average Bonchev–Trinajstić information content (AvgIpc) is 2.84. The zero-order valence-corrected chi connectivity index (χ0v) is 11.7. The molecule has 0 aliphatic carbocycles. The maximum atomic E-state index is 12.2. The smallest absolute Gasteiger partial charge is 0.308 e. The number of morpholine rings is 1. The van der Waals surface area contributed by atoms with Crippen LogP contribution in [0.2, 0.25) is 0 Å². The maximum Gasteiger partial charge on any atom is 0.308 e. The molecule has 7 nitrogen and oxygen atoms in total. The Morgan fingerprint density at radius 3 is 2.85 bits per heavy atom. The molecule has 2 amide bonds. The first-order chi connectivity index (χ1) is 9.60. The Labute approximate surface area is 117 Å². The van der Waals surface area contributed by atoms with Gasteiger partial charge in [-0.15, -0.1) is 0 Å². The minimum Gasteiger partial charge on any atom is -0.469 e. The van der Waals surface area contributed by atoms with Gasteiger partial charge in [0.05, 0.1) is 32.8 Å². The standard InChI is InChI=1S/C13H20N2O5/c1-19-13(18)7-10-8-15(5-6-20-10)12(17)9-14-4-2-3-11(14)16/h10H,2-9H2,1H3. The van der Waals surface area contributed by atoms with Crippen molar-refractivity contribution in [2.45, 2.75) is 25.4 Å². The molecule has 1 unspecified atom stereocenters. The molecule has 0 aromatic rings. The van der Waals surface area contributed by atoms with Gasteiger partial charge in [0.2, 0.25) is 11.8 Å². The van der Waals surface area contributed by atoms with Crippen LogP contribution in [0.15, 0.2) is 0 Å². The number of esters is 1. The van der Waals surface area contributed by atoms with Gasteiger partial charge in [-0.05, 0) is 6.42 Å². The van der Waals surface area contributed by atoms with E-state index in [9.17, 15) is 14.4 Å². The van der Waals surface area contributed by atoms with Crippen LogP contribution in [0, 0.1) is 0 Å². The van der Waals surface area contributed by atoms with Crippen LogP contribution in [-0.4, -0.2) is 73.6 Å². The predicted molar refractivity (Wildman–Crippen MR) is 68.8 cm³/mol. The number of nitrogens with zero attached hydrogens (tertiary/aromatic N) is 2. The Morgan fingerprint density at radius 2 is 2.20 bits per heavy atom. The molecule has 0 saturated carbocycles. The van der Waals surface area contributed by atoms with Crippen molar-refractivity contribution in [3.63, 3.8) is 0 Å². The summed E-state index contributed by atoms with van der Waals surface area (Å²) < 4.78 is 10.0. The Bertz CT molecular complexity index is 398. The molecule has 1 atom stereocenters. The van der Waals surface area contributed by atoms with Crippen molar-refractivity contribution in [2.75, 3.05) is 39.9 Å². The fraction of sp³-hybridized carbons (Fsp3) is 0.769. The van der Waals surface area contributed by atoms with Gasteiger partial charge in [0.1, 0.15) is 0 Å². The van der Waals surface area contributed by atoms with E-state index in [0.717, 1.165) is 6.42 Å². The molecule has 112 valence electrons. The van der Waals surface area contributed by atoms with Crippen LogP contribution in [-0.2, 0) is 23.9 Å². The van der Waals surface area contributed by atoms with Crippen molar-refractivity contribution in [3.05, 3.63) is 0 Å². The molecular weight excluding hydrogens is 264 g/mol. The van der Waals surface area contributed by atoms with Gasteiger partial charge in [0.25, 0.3) is 0 Å². The molecule has 2 aliphatic rings. The van der Waals surface area contributed by atoms with Crippen molar-refractivity contribution in [1.82, 2.24) is 9.80 Å². The first-order valence-corrected chi connectivity index (χ1v) is 6.84. The van der Waals surface area contributed by atoms with Gasteiger partial charge in [-0.1, -0.05) is 0 Å². The molecule has 0 aromatic carbocycles. The van der Waals surface area contributed by atoms with Crippen LogP contribution in [0.3, 0.4) is 0 Å². The lowest BCUT2D eigenvalue weighted by Gasteiger charge is -2.33. The van der Waals surface area contributed by atoms with E-state index in [2.05, 4.69) is 4.74 Å². The summed E-state index contributed by atoms with van der Waals surface area (Å²) in [5.74, 6) is -0.393. The monoisotopic (exact) mass is 284 g/mol. The van der Waals surface area contributed by atoms with Gasteiger partial charge in [-0.3, -0.25) is 14.4 Å². The Kier molecular flexibility index (Phi) is 4.94. The molecule has 2 heterocycles. The Balaban J connectivity index is 1.83. The summed E-state index contributed by atoms with van der Waals surface area (Å²) >= 11 is 0. The fourth-order valence-corrected chi connectivity index (χ4v) is 2.47. The first-order valence-electron chi connectivity index (χ1n) is 6.84. The second kappa shape index (κ2) is 6.69. The van der Waals surface area contributed by atoms with E-state index in [1.807, 2.05) is 0 Å². The van der Waals surface area contributed by atoms with Crippen molar-refractivity contribution in [2.24, 2.45) is 0 Å². The van der Waals surface area contributed by atoms with E-state index >= 15 is 0 Å². The average molecular weight is 284 g/mol. The number of amides is 2. The van der Waals surface area contributed by atoms with E-state index in [0.29, 0.717) is 32.7 Å². The second-order valence-electron chi connectivity index (χ2n) is 5.03. The molecule has 0 aromatic heterocycles. The lowest BCUT2D eigenvalue weighted by molar-refractivity contribution is -0.150. The van der Waals surface area contributed by atoms with Gasteiger partial charge in [0, 0.05) is 26.1 Å². The maximum absolute atomic E-state index is 12.2. The lowest BCUT2D eigenvalue weighted by atomic mass is 10.2. The summed E-state index contributed by atoms with van der Waals surface area (Å²) in [6.45, 7) is 2.06. The molecule has 2 rings (SSSR count).